The summed E-state index contributed by atoms with van der Waals surface area (Å²) in [6.45, 7) is 0.415. The molecule has 1 atom stereocenters. The Balaban J connectivity index is 2.01. The summed E-state index contributed by atoms with van der Waals surface area (Å²) < 4.78 is 10.0. The maximum atomic E-state index is 11.7. The van der Waals surface area contributed by atoms with E-state index in [0.717, 1.165) is 12.8 Å². The predicted molar refractivity (Wildman–Crippen MR) is 56.6 cm³/mol. The molecule has 1 N–H and O–H groups in total. The normalized spacial score (nSPS) is 25.1. The van der Waals surface area contributed by atoms with E-state index in [0.29, 0.717) is 18.6 Å². The molecule has 1 unspecified atom stereocenters. The molecule has 1 aromatic carbocycles. The van der Waals surface area contributed by atoms with E-state index >= 15 is 0 Å². The van der Waals surface area contributed by atoms with Gasteiger partial charge in [-0.15, -0.1) is 0 Å². The molecule has 1 aromatic rings. The second-order valence-corrected chi connectivity index (χ2v) is 3.77. The highest BCUT2D eigenvalue weighted by atomic mass is 16.8. The predicted octanol–water partition coefficient (Wildman–Crippen LogP) is 1.69. The first-order valence-corrected chi connectivity index (χ1v) is 5.34. The summed E-state index contributed by atoms with van der Waals surface area (Å²) in [7, 11) is 0. The Morgan fingerprint density at radius 3 is 2.69 bits per heavy atom. The molecule has 0 aliphatic carbocycles. The topological polar surface area (TPSA) is 55.8 Å². The fourth-order valence-corrected chi connectivity index (χ4v) is 1.61. The molecule has 0 aromatic heterocycles. The molecular formula is C12H14O4. The van der Waals surface area contributed by atoms with E-state index in [1.54, 1.807) is 24.3 Å². The fourth-order valence-electron chi connectivity index (χ4n) is 1.61. The number of aliphatic hydroxyl groups is 1. The molecule has 2 rings (SSSR count). The number of hydrogen-bond donors (Lipinski definition) is 1. The Morgan fingerprint density at radius 1 is 1.31 bits per heavy atom. The molecule has 4 nitrogen and oxygen atoms in total. The Kier molecular flexibility index (Phi) is 3.22. The van der Waals surface area contributed by atoms with Crippen LogP contribution in [0.2, 0.25) is 0 Å². The van der Waals surface area contributed by atoms with Crippen molar-refractivity contribution in [2.24, 2.45) is 0 Å². The third-order valence-corrected chi connectivity index (χ3v) is 2.48. The largest absolute Gasteiger partial charge is 0.404 e. The van der Waals surface area contributed by atoms with Crippen LogP contribution in [0.3, 0.4) is 0 Å². The van der Waals surface area contributed by atoms with Crippen molar-refractivity contribution in [1.29, 1.82) is 0 Å². The van der Waals surface area contributed by atoms with Gasteiger partial charge in [-0.2, -0.15) is 0 Å². The highest BCUT2D eigenvalue weighted by Crippen LogP contribution is 2.24. The van der Waals surface area contributed by atoms with Gasteiger partial charge in [-0.3, -0.25) is 0 Å². The van der Waals surface area contributed by atoms with E-state index in [1.165, 1.54) is 0 Å². The first-order chi connectivity index (χ1) is 7.70. The first-order valence-electron chi connectivity index (χ1n) is 5.34. The summed E-state index contributed by atoms with van der Waals surface area (Å²) in [5.41, 5.74) is 0.407. The maximum absolute atomic E-state index is 11.7. The minimum Gasteiger partial charge on any atom is -0.404 e. The van der Waals surface area contributed by atoms with Gasteiger partial charge in [-0.25, -0.2) is 4.79 Å². The molecule has 1 saturated heterocycles. The third-order valence-electron chi connectivity index (χ3n) is 2.48. The summed E-state index contributed by atoms with van der Waals surface area (Å²) in [6, 6.07) is 8.55. The van der Waals surface area contributed by atoms with Gasteiger partial charge in [0.05, 0.1) is 12.2 Å². The quantitative estimate of drug-likeness (QED) is 0.611. The molecular weight excluding hydrogens is 208 g/mol. The van der Waals surface area contributed by atoms with Crippen molar-refractivity contribution in [2.45, 2.75) is 25.2 Å². The van der Waals surface area contributed by atoms with Crippen LogP contribution in [-0.2, 0) is 9.47 Å². The molecule has 0 radical (unpaired) electrons. The standard InChI is InChI=1S/C12H14O4/c13-11(10-6-2-1-3-7-10)16-12(14)8-4-5-9-15-12/h1-3,6-7,14H,4-5,8-9H2. The summed E-state index contributed by atoms with van der Waals surface area (Å²) >= 11 is 0. The summed E-state index contributed by atoms with van der Waals surface area (Å²) in [6.07, 6.45) is 2.00. The number of rotatable bonds is 2. The van der Waals surface area contributed by atoms with Crippen LogP contribution in [0.15, 0.2) is 30.3 Å². The van der Waals surface area contributed by atoms with Gasteiger partial charge in [0.25, 0.3) is 0 Å². The molecule has 86 valence electrons. The highest BCUT2D eigenvalue weighted by Gasteiger charge is 2.35. The number of esters is 1. The number of ether oxygens (including phenoxy) is 2. The minimum atomic E-state index is -1.74. The van der Waals surface area contributed by atoms with Crippen LogP contribution < -0.4 is 0 Å². The van der Waals surface area contributed by atoms with Crippen LogP contribution >= 0.6 is 0 Å². The van der Waals surface area contributed by atoms with Gasteiger partial charge in [0.1, 0.15) is 0 Å². The van der Waals surface area contributed by atoms with E-state index in [9.17, 15) is 9.90 Å². The van der Waals surface area contributed by atoms with E-state index in [2.05, 4.69) is 0 Å². The molecule has 0 saturated carbocycles. The average molecular weight is 222 g/mol. The van der Waals surface area contributed by atoms with Gasteiger partial charge in [-0.1, -0.05) is 18.2 Å². The Bertz CT molecular complexity index is 355. The van der Waals surface area contributed by atoms with E-state index < -0.39 is 11.9 Å². The first kappa shape index (κ1) is 11.1. The van der Waals surface area contributed by atoms with Crippen LogP contribution in [0, 0.1) is 0 Å². The van der Waals surface area contributed by atoms with Crippen molar-refractivity contribution in [3.8, 4) is 0 Å². The lowest BCUT2D eigenvalue weighted by atomic mass is 10.2. The lowest BCUT2D eigenvalue weighted by Crippen LogP contribution is -2.40. The molecule has 0 bridgehead atoms. The number of carbonyl (C=O) groups is 1. The third kappa shape index (κ3) is 2.59. The monoisotopic (exact) mass is 222 g/mol. The molecule has 4 heteroatoms. The number of benzene rings is 1. The average Bonchev–Trinajstić information content (AvgIpc) is 2.30. The maximum Gasteiger partial charge on any atom is 0.342 e. The molecule has 1 fully saturated rings. The van der Waals surface area contributed by atoms with Crippen LogP contribution in [0.4, 0.5) is 0 Å². The van der Waals surface area contributed by atoms with E-state index in [-0.39, 0.29) is 0 Å². The summed E-state index contributed by atoms with van der Waals surface area (Å²) in [5.74, 6) is -2.31. The van der Waals surface area contributed by atoms with Gasteiger partial charge >= 0.3 is 11.9 Å². The van der Waals surface area contributed by atoms with Crippen molar-refractivity contribution >= 4 is 5.97 Å². The van der Waals surface area contributed by atoms with Crippen molar-refractivity contribution in [3.63, 3.8) is 0 Å². The van der Waals surface area contributed by atoms with Crippen molar-refractivity contribution in [2.75, 3.05) is 6.61 Å². The van der Waals surface area contributed by atoms with Gasteiger partial charge in [-0.05, 0) is 25.0 Å². The Hall–Kier alpha value is -1.39. The fraction of sp³-hybridized carbons (Fsp3) is 0.417. The SMILES string of the molecule is O=C(OC1(O)CCCCO1)c1ccccc1. The number of hydrogen-bond acceptors (Lipinski definition) is 4. The van der Waals surface area contributed by atoms with Crippen molar-refractivity contribution < 1.29 is 19.4 Å². The second-order valence-electron chi connectivity index (χ2n) is 3.77. The smallest absolute Gasteiger partial charge is 0.342 e. The zero-order valence-corrected chi connectivity index (χ0v) is 8.89. The van der Waals surface area contributed by atoms with Crippen LogP contribution in [0.1, 0.15) is 29.6 Å². The molecule has 1 aliphatic rings. The summed E-state index contributed by atoms with van der Waals surface area (Å²) in [4.78, 5) is 11.7. The van der Waals surface area contributed by atoms with Crippen LogP contribution in [-0.4, -0.2) is 23.7 Å². The number of carbonyl (C=O) groups excluding carboxylic acids is 1. The van der Waals surface area contributed by atoms with Crippen LogP contribution in [0.25, 0.3) is 0 Å². The second kappa shape index (κ2) is 4.63. The van der Waals surface area contributed by atoms with Crippen molar-refractivity contribution in [3.05, 3.63) is 35.9 Å². The Morgan fingerprint density at radius 2 is 2.06 bits per heavy atom. The minimum absolute atomic E-state index is 0.325. The van der Waals surface area contributed by atoms with Gasteiger partial charge < -0.3 is 14.6 Å². The lowest BCUT2D eigenvalue weighted by molar-refractivity contribution is -0.347. The molecule has 0 amide bonds. The lowest BCUT2D eigenvalue weighted by Gasteiger charge is -2.30. The molecule has 16 heavy (non-hydrogen) atoms. The Labute approximate surface area is 93.8 Å². The van der Waals surface area contributed by atoms with Crippen molar-refractivity contribution in [1.82, 2.24) is 0 Å². The molecule has 1 heterocycles. The van der Waals surface area contributed by atoms with Gasteiger partial charge in [0, 0.05) is 6.42 Å². The molecule has 1 aliphatic heterocycles. The molecule has 0 spiro atoms. The summed E-state index contributed by atoms with van der Waals surface area (Å²) in [5, 5.41) is 9.84. The van der Waals surface area contributed by atoms with E-state index in [4.69, 9.17) is 9.47 Å². The van der Waals surface area contributed by atoms with Gasteiger partial charge in [0.2, 0.25) is 0 Å². The van der Waals surface area contributed by atoms with Gasteiger partial charge in [0.15, 0.2) is 0 Å². The zero-order chi connectivity index (χ0) is 11.4. The zero-order valence-electron chi connectivity index (χ0n) is 8.89. The van der Waals surface area contributed by atoms with E-state index in [1.807, 2.05) is 6.07 Å². The highest BCUT2D eigenvalue weighted by molar-refractivity contribution is 5.89. The van der Waals surface area contributed by atoms with Crippen LogP contribution in [0.5, 0.6) is 0 Å².